The van der Waals surface area contributed by atoms with Crippen LogP contribution in [0.15, 0.2) is 30.3 Å². The van der Waals surface area contributed by atoms with Crippen molar-refractivity contribution < 1.29 is 4.74 Å². The standard InChI is InChI=1S/C15H13ClN2O/c1-9-5-10(2)15(7-13(9)18)19-14-4-3-11(8-17)6-12(14)16/h3-7H,18H2,1-2H3. The fourth-order valence-corrected chi connectivity index (χ4v) is 1.95. The summed E-state index contributed by atoms with van der Waals surface area (Å²) in [6, 6.07) is 10.7. The van der Waals surface area contributed by atoms with E-state index in [1.165, 1.54) is 0 Å². The van der Waals surface area contributed by atoms with Gasteiger partial charge in [-0.3, -0.25) is 0 Å². The molecule has 0 aliphatic rings. The quantitative estimate of drug-likeness (QED) is 0.834. The summed E-state index contributed by atoms with van der Waals surface area (Å²) in [6.07, 6.45) is 0. The maximum atomic E-state index is 8.79. The van der Waals surface area contributed by atoms with Gasteiger partial charge in [-0.05, 0) is 43.2 Å². The molecule has 19 heavy (non-hydrogen) atoms. The molecule has 0 fully saturated rings. The van der Waals surface area contributed by atoms with Gasteiger partial charge in [-0.2, -0.15) is 5.26 Å². The average Bonchev–Trinajstić information content (AvgIpc) is 2.38. The Morgan fingerprint density at radius 3 is 2.47 bits per heavy atom. The van der Waals surface area contributed by atoms with Crippen LogP contribution in [0.4, 0.5) is 5.69 Å². The van der Waals surface area contributed by atoms with E-state index in [1.54, 1.807) is 24.3 Å². The summed E-state index contributed by atoms with van der Waals surface area (Å²) in [6.45, 7) is 3.89. The second-order valence-electron chi connectivity index (χ2n) is 4.33. The SMILES string of the molecule is Cc1cc(C)c(Oc2ccc(C#N)cc2Cl)cc1N. The first kappa shape index (κ1) is 13.3. The van der Waals surface area contributed by atoms with Crippen LogP contribution >= 0.6 is 11.6 Å². The Balaban J connectivity index is 2.37. The van der Waals surface area contributed by atoms with E-state index in [2.05, 4.69) is 0 Å². The van der Waals surface area contributed by atoms with E-state index in [4.69, 9.17) is 27.3 Å². The van der Waals surface area contributed by atoms with Crippen molar-refractivity contribution >= 4 is 17.3 Å². The van der Waals surface area contributed by atoms with E-state index in [0.29, 0.717) is 27.8 Å². The molecule has 0 unspecified atom stereocenters. The minimum Gasteiger partial charge on any atom is -0.455 e. The molecule has 0 aliphatic carbocycles. The number of hydrogen-bond acceptors (Lipinski definition) is 3. The van der Waals surface area contributed by atoms with Gasteiger partial charge < -0.3 is 10.5 Å². The van der Waals surface area contributed by atoms with Crippen LogP contribution in [0.1, 0.15) is 16.7 Å². The van der Waals surface area contributed by atoms with Crippen LogP contribution in [0.25, 0.3) is 0 Å². The zero-order chi connectivity index (χ0) is 14.0. The van der Waals surface area contributed by atoms with Gasteiger partial charge in [0.1, 0.15) is 11.5 Å². The third kappa shape index (κ3) is 2.81. The topological polar surface area (TPSA) is 59.0 Å². The lowest BCUT2D eigenvalue weighted by atomic mass is 10.1. The van der Waals surface area contributed by atoms with Gasteiger partial charge in [0.25, 0.3) is 0 Å². The van der Waals surface area contributed by atoms with E-state index in [0.717, 1.165) is 11.1 Å². The number of nitriles is 1. The second kappa shape index (κ2) is 5.21. The Bertz CT molecular complexity index is 675. The summed E-state index contributed by atoms with van der Waals surface area (Å²) in [4.78, 5) is 0. The largest absolute Gasteiger partial charge is 0.455 e. The Morgan fingerprint density at radius 2 is 1.84 bits per heavy atom. The minimum absolute atomic E-state index is 0.401. The van der Waals surface area contributed by atoms with E-state index < -0.39 is 0 Å². The number of rotatable bonds is 2. The number of aryl methyl sites for hydroxylation is 2. The van der Waals surface area contributed by atoms with Crippen LogP contribution in [-0.4, -0.2) is 0 Å². The van der Waals surface area contributed by atoms with Crippen molar-refractivity contribution in [2.45, 2.75) is 13.8 Å². The molecule has 0 bridgehead atoms. The lowest BCUT2D eigenvalue weighted by Gasteiger charge is -2.12. The molecule has 0 aliphatic heterocycles. The predicted octanol–water partition coefficient (Wildman–Crippen LogP) is 4.20. The third-order valence-electron chi connectivity index (χ3n) is 2.84. The Kier molecular flexibility index (Phi) is 3.64. The molecule has 0 amide bonds. The van der Waals surface area contributed by atoms with E-state index in [9.17, 15) is 0 Å². The number of nitrogen functional groups attached to an aromatic ring is 1. The van der Waals surface area contributed by atoms with Gasteiger partial charge in [-0.25, -0.2) is 0 Å². The molecule has 0 radical (unpaired) electrons. The Hall–Kier alpha value is -2.18. The highest BCUT2D eigenvalue weighted by molar-refractivity contribution is 6.32. The van der Waals surface area contributed by atoms with Crippen molar-refractivity contribution in [3.63, 3.8) is 0 Å². The molecule has 2 aromatic carbocycles. The molecule has 0 saturated heterocycles. The van der Waals surface area contributed by atoms with Crippen molar-refractivity contribution in [3.05, 3.63) is 52.0 Å². The normalized spacial score (nSPS) is 10.0. The second-order valence-corrected chi connectivity index (χ2v) is 4.74. The maximum absolute atomic E-state index is 8.79. The summed E-state index contributed by atoms with van der Waals surface area (Å²) >= 11 is 6.07. The smallest absolute Gasteiger partial charge is 0.146 e. The molecule has 3 nitrogen and oxygen atoms in total. The number of hydrogen-bond donors (Lipinski definition) is 1. The summed E-state index contributed by atoms with van der Waals surface area (Å²) in [5.74, 6) is 1.17. The van der Waals surface area contributed by atoms with Crippen LogP contribution in [0, 0.1) is 25.2 Å². The first-order chi connectivity index (χ1) is 9.01. The highest BCUT2D eigenvalue weighted by Crippen LogP contribution is 2.33. The van der Waals surface area contributed by atoms with Gasteiger partial charge in [-0.1, -0.05) is 17.7 Å². The van der Waals surface area contributed by atoms with Gasteiger partial charge in [0.2, 0.25) is 0 Å². The molecule has 2 rings (SSSR count). The number of ether oxygens (including phenoxy) is 1. The first-order valence-electron chi connectivity index (χ1n) is 5.75. The molecule has 0 saturated carbocycles. The first-order valence-corrected chi connectivity index (χ1v) is 6.13. The van der Waals surface area contributed by atoms with E-state index in [1.807, 2.05) is 26.0 Å². The fourth-order valence-electron chi connectivity index (χ4n) is 1.73. The molecule has 2 N–H and O–H groups in total. The number of nitrogens with zero attached hydrogens (tertiary/aromatic N) is 1. The number of nitrogens with two attached hydrogens (primary N) is 1. The monoisotopic (exact) mass is 272 g/mol. The number of anilines is 1. The van der Waals surface area contributed by atoms with E-state index in [-0.39, 0.29) is 0 Å². The molecular weight excluding hydrogens is 260 g/mol. The lowest BCUT2D eigenvalue weighted by Crippen LogP contribution is -1.94. The number of benzene rings is 2. The molecule has 0 atom stereocenters. The van der Waals surface area contributed by atoms with Gasteiger partial charge >= 0.3 is 0 Å². The van der Waals surface area contributed by atoms with Crippen LogP contribution in [0.3, 0.4) is 0 Å². The summed E-state index contributed by atoms with van der Waals surface area (Å²) < 4.78 is 5.75. The van der Waals surface area contributed by atoms with E-state index >= 15 is 0 Å². The molecule has 0 heterocycles. The molecular formula is C15H13ClN2O. The molecule has 96 valence electrons. The van der Waals surface area contributed by atoms with Crippen LogP contribution in [0.5, 0.6) is 11.5 Å². The summed E-state index contributed by atoms with van der Waals surface area (Å²) in [5.41, 5.74) is 9.03. The van der Waals surface area contributed by atoms with Crippen molar-refractivity contribution in [3.8, 4) is 17.6 Å². The number of halogens is 1. The van der Waals surface area contributed by atoms with Crippen molar-refractivity contribution in [1.29, 1.82) is 5.26 Å². The maximum Gasteiger partial charge on any atom is 0.146 e. The van der Waals surface area contributed by atoms with Crippen molar-refractivity contribution in [2.24, 2.45) is 0 Å². The zero-order valence-corrected chi connectivity index (χ0v) is 11.5. The highest BCUT2D eigenvalue weighted by atomic mass is 35.5. The Morgan fingerprint density at radius 1 is 1.11 bits per heavy atom. The summed E-state index contributed by atoms with van der Waals surface area (Å²) in [7, 11) is 0. The lowest BCUT2D eigenvalue weighted by molar-refractivity contribution is 0.479. The van der Waals surface area contributed by atoms with Crippen LogP contribution in [0.2, 0.25) is 5.02 Å². The van der Waals surface area contributed by atoms with Gasteiger partial charge in [0, 0.05) is 11.8 Å². The average molecular weight is 273 g/mol. The van der Waals surface area contributed by atoms with Crippen molar-refractivity contribution in [1.82, 2.24) is 0 Å². The Labute approximate surface area is 117 Å². The molecule has 4 heteroatoms. The van der Waals surface area contributed by atoms with Crippen molar-refractivity contribution in [2.75, 3.05) is 5.73 Å². The molecule has 2 aromatic rings. The molecule has 0 aromatic heterocycles. The fraction of sp³-hybridized carbons (Fsp3) is 0.133. The predicted molar refractivity (Wildman–Crippen MR) is 76.6 cm³/mol. The van der Waals surface area contributed by atoms with Gasteiger partial charge in [0.05, 0.1) is 16.7 Å². The van der Waals surface area contributed by atoms with Gasteiger partial charge in [0.15, 0.2) is 0 Å². The zero-order valence-electron chi connectivity index (χ0n) is 10.7. The highest BCUT2D eigenvalue weighted by Gasteiger charge is 2.08. The molecule has 0 spiro atoms. The van der Waals surface area contributed by atoms with Crippen LogP contribution < -0.4 is 10.5 Å². The summed E-state index contributed by atoms with van der Waals surface area (Å²) in [5, 5.41) is 9.19. The third-order valence-corrected chi connectivity index (χ3v) is 3.14. The van der Waals surface area contributed by atoms with Crippen LogP contribution in [-0.2, 0) is 0 Å². The minimum atomic E-state index is 0.401. The van der Waals surface area contributed by atoms with Gasteiger partial charge in [-0.15, -0.1) is 0 Å².